The van der Waals surface area contributed by atoms with E-state index in [2.05, 4.69) is 10.1 Å². The summed E-state index contributed by atoms with van der Waals surface area (Å²) in [6.07, 6.45) is -0.140. The zero-order valence-corrected chi connectivity index (χ0v) is 10.3. The summed E-state index contributed by atoms with van der Waals surface area (Å²) in [5.41, 5.74) is 1.90. The molecule has 0 saturated carbocycles. The van der Waals surface area contributed by atoms with Crippen molar-refractivity contribution in [3.8, 4) is 0 Å². The number of hydrogen-bond donors (Lipinski definition) is 1. The first kappa shape index (κ1) is 11.9. The van der Waals surface area contributed by atoms with E-state index >= 15 is 0 Å². The first-order chi connectivity index (χ1) is 7.97. The SMILES string of the molecule is CC(C)c1cc2nc(CC(=O)O)cc(Cl)n2n1. The third kappa shape index (κ3) is 2.39. The number of rotatable bonds is 3. The van der Waals surface area contributed by atoms with Crippen molar-refractivity contribution in [3.63, 3.8) is 0 Å². The van der Waals surface area contributed by atoms with E-state index in [1.54, 1.807) is 0 Å². The third-order valence-electron chi connectivity index (χ3n) is 2.38. The average molecular weight is 254 g/mol. The number of aliphatic carboxylic acids is 1. The molecular weight excluding hydrogens is 242 g/mol. The molecule has 0 aromatic carbocycles. The zero-order valence-electron chi connectivity index (χ0n) is 9.51. The van der Waals surface area contributed by atoms with Crippen molar-refractivity contribution in [2.24, 2.45) is 0 Å². The quantitative estimate of drug-likeness (QED) is 0.851. The number of hydrogen-bond acceptors (Lipinski definition) is 3. The molecule has 0 fully saturated rings. The van der Waals surface area contributed by atoms with Gasteiger partial charge < -0.3 is 5.11 Å². The first-order valence-electron chi connectivity index (χ1n) is 5.24. The fraction of sp³-hybridized carbons (Fsp3) is 0.364. The Morgan fingerprint density at radius 1 is 1.53 bits per heavy atom. The van der Waals surface area contributed by atoms with Gasteiger partial charge in [0.2, 0.25) is 0 Å². The Labute approximate surface area is 103 Å². The highest BCUT2D eigenvalue weighted by atomic mass is 35.5. The average Bonchev–Trinajstić information content (AvgIpc) is 2.60. The molecule has 6 heteroatoms. The molecule has 5 nitrogen and oxygen atoms in total. The number of carboxylic acid groups (broad SMARTS) is 1. The minimum absolute atomic E-state index is 0.140. The van der Waals surface area contributed by atoms with Gasteiger partial charge in [-0.2, -0.15) is 5.10 Å². The molecule has 0 aliphatic carbocycles. The van der Waals surface area contributed by atoms with Crippen LogP contribution in [0.5, 0.6) is 0 Å². The van der Waals surface area contributed by atoms with Gasteiger partial charge in [-0.1, -0.05) is 25.4 Å². The molecule has 90 valence electrons. The van der Waals surface area contributed by atoms with Gasteiger partial charge in [0.05, 0.1) is 17.8 Å². The van der Waals surface area contributed by atoms with E-state index in [1.807, 2.05) is 19.9 Å². The Balaban J connectivity index is 2.53. The molecule has 0 saturated heterocycles. The Bertz CT molecular complexity index is 577. The Morgan fingerprint density at radius 2 is 2.24 bits per heavy atom. The van der Waals surface area contributed by atoms with Crippen LogP contribution in [-0.4, -0.2) is 25.7 Å². The number of halogens is 1. The van der Waals surface area contributed by atoms with E-state index in [-0.39, 0.29) is 12.3 Å². The van der Waals surface area contributed by atoms with Crippen LogP contribution >= 0.6 is 11.6 Å². The summed E-state index contributed by atoms with van der Waals surface area (Å²) in [6, 6.07) is 3.35. The van der Waals surface area contributed by atoms with Crippen molar-refractivity contribution in [3.05, 3.63) is 28.7 Å². The lowest BCUT2D eigenvalue weighted by Gasteiger charge is -2.00. The second-order valence-electron chi connectivity index (χ2n) is 4.13. The number of carbonyl (C=O) groups is 1. The molecule has 0 unspecified atom stereocenters. The van der Waals surface area contributed by atoms with Crippen LogP contribution in [0.2, 0.25) is 5.15 Å². The molecule has 2 rings (SSSR count). The lowest BCUT2D eigenvalue weighted by Crippen LogP contribution is -2.04. The predicted molar refractivity (Wildman–Crippen MR) is 63.4 cm³/mol. The minimum Gasteiger partial charge on any atom is -0.481 e. The molecule has 0 amide bonds. The van der Waals surface area contributed by atoms with Crippen molar-refractivity contribution < 1.29 is 9.90 Å². The van der Waals surface area contributed by atoms with Gasteiger partial charge in [-0.15, -0.1) is 0 Å². The smallest absolute Gasteiger partial charge is 0.309 e. The van der Waals surface area contributed by atoms with Gasteiger partial charge in [0.15, 0.2) is 5.65 Å². The van der Waals surface area contributed by atoms with Crippen molar-refractivity contribution in [2.45, 2.75) is 26.2 Å². The van der Waals surface area contributed by atoms with E-state index in [0.717, 1.165) is 5.69 Å². The molecule has 0 aliphatic heterocycles. The highest BCUT2D eigenvalue weighted by molar-refractivity contribution is 6.29. The maximum atomic E-state index is 10.6. The van der Waals surface area contributed by atoms with Crippen LogP contribution in [0.4, 0.5) is 0 Å². The van der Waals surface area contributed by atoms with Crippen molar-refractivity contribution in [1.82, 2.24) is 14.6 Å². The van der Waals surface area contributed by atoms with Gasteiger partial charge in [0, 0.05) is 6.07 Å². The minimum atomic E-state index is -0.929. The van der Waals surface area contributed by atoms with Crippen LogP contribution < -0.4 is 0 Å². The van der Waals surface area contributed by atoms with Crippen LogP contribution in [0.15, 0.2) is 12.1 Å². The first-order valence-corrected chi connectivity index (χ1v) is 5.62. The van der Waals surface area contributed by atoms with Gasteiger partial charge in [0.1, 0.15) is 5.15 Å². The van der Waals surface area contributed by atoms with E-state index in [9.17, 15) is 4.79 Å². The number of fused-ring (bicyclic) bond motifs is 1. The summed E-state index contributed by atoms with van der Waals surface area (Å²) < 4.78 is 1.52. The van der Waals surface area contributed by atoms with Crippen LogP contribution in [0.1, 0.15) is 31.2 Å². The molecule has 0 aliphatic rings. The third-order valence-corrected chi connectivity index (χ3v) is 2.65. The maximum Gasteiger partial charge on any atom is 0.309 e. The summed E-state index contributed by atoms with van der Waals surface area (Å²) in [7, 11) is 0. The number of carboxylic acids is 1. The number of nitrogens with zero attached hydrogens (tertiary/aromatic N) is 3. The van der Waals surface area contributed by atoms with Gasteiger partial charge in [0.25, 0.3) is 0 Å². The summed E-state index contributed by atoms with van der Waals surface area (Å²) >= 11 is 6.03. The van der Waals surface area contributed by atoms with Crippen LogP contribution in [0, 0.1) is 0 Å². The van der Waals surface area contributed by atoms with E-state index in [1.165, 1.54) is 10.6 Å². The van der Waals surface area contributed by atoms with Gasteiger partial charge in [-0.25, -0.2) is 9.50 Å². The van der Waals surface area contributed by atoms with E-state index in [0.29, 0.717) is 16.5 Å². The molecule has 17 heavy (non-hydrogen) atoms. The van der Waals surface area contributed by atoms with Gasteiger partial charge in [-0.05, 0) is 12.0 Å². The van der Waals surface area contributed by atoms with E-state index in [4.69, 9.17) is 16.7 Å². The van der Waals surface area contributed by atoms with Crippen LogP contribution in [-0.2, 0) is 11.2 Å². The molecule has 2 aromatic heterocycles. The van der Waals surface area contributed by atoms with Crippen molar-refractivity contribution in [1.29, 1.82) is 0 Å². The highest BCUT2D eigenvalue weighted by Crippen LogP contribution is 2.18. The number of aromatic nitrogens is 3. The van der Waals surface area contributed by atoms with Crippen LogP contribution in [0.25, 0.3) is 5.65 Å². The molecule has 0 bridgehead atoms. The lowest BCUT2D eigenvalue weighted by molar-refractivity contribution is -0.136. The molecule has 0 spiro atoms. The molecule has 0 atom stereocenters. The van der Waals surface area contributed by atoms with Crippen molar-refractivity contribution >= 4 is 23.2 Å². The maximum absolute atomic E-state index is 10.6. The van der Waals surface area contributed by atoms with Crippen LogP contribution in [0.3, 0.4) is 0 Å². The Morgan fingerprint density at radius 3 is 2.82 bits per heavy atom. The normalized spacial score (nSPS) is 11.3. The monoisotopic (exact) mass is 253 g/mol. The standard InChI is InChI=1S/C11H12ClN3O2/c1-6(2)8-5-10-13-7(4-11(16)17)3-9(12)15(10)14-8/h3,5-6H,4H2,1-2H3,(H,16,17). The fourth-order valence-electron chi connectivity index (χ4n) is 1.53. The van der Waals surface area contributed by atoms with Gasteiger partial charge in [-0.3, -0.25) is 4.79 Å². The Kier molecular flexibility index (Phi) is 3.02. The summed E-state index contributed by atoms with van der Waals surface area (Å²) in [5, 5.41) is 13.4. The summed E-state index contributed by atoms with van der Waals surface area (Å²) in [5.74, 6) is -0.655. The van der Waals surface area contributed by atoms with Crippen molar-refractivity contribution in [2.75, 3.05) is 0 Å². The molecular formula is C11H12ClN3O2. The molecule has 0 radical (unpaired) electrons. The second kappa shape index (κ2) is 4.33. The molecule has 1 N–H and O–H groups in total. The summed E-state index contributed by atoms with van der Waals surface area (Å²) in [4.78, 5) is 14.8. The Hall–Kier alpha value is -1.62. The van der Waals surface area contributed by atoms with Gasteiger partial charge >= 0.3 is 5.97 Å². The summed E-state index contributed by atoms with van der Waals surface area (Å²) in [6.45, 7) is 4.04. The molecule has 2 aromatic rings. The largest absolute Gasteiger partial charge is 0.481 e. The fourth-order valence-corrected chi connectivity index (χ4v) is 1.78. The topological polar surface area (TPSA) is 67.5 Å². The second-order valence-corrected chi connectivity index (χ2v) is 4.52. The lowest BCUT2D eigenvalue weighted by atomic mass is 10.1. The predicted octanol–water partition coefficient (Wildman–Crippen LogP) is 2.13. The van der Waals surface area contributed by atoms with E-state index < -0.39 is 5.97 Å². The molecule has 2 heterocycles. The zero-order chi connectivity index (χ0) is 12.6. The highest BCUT2D eigenvalue weighted by Gasteiger charge is 2.11.